The molecule has 0 spiro atoms. The lowest BCUT2D eigenvalue weighted by atomic mass is 10.2. The van der Waals surface area contributed by atoms with Crippen LogP contribution < -0.4 is 0 Å². The fraction of sp³-hybridized carbons (Fsp3) is 0.625. The van der Waals surface area contributed by atoms with E-state index in [4.69, 9.17) is 0 Å². The van der Waals surface area contributed by atoms with Crippen LogP contribution in [0.15, 0.2) is 4.99 Å². The van der Waals surface area contributed by atoms with Crippen molar-refractivity contribution in [1.29, 1.82) is 0 Å². The molecule has 11 heavy (non-hydrogen) atoms. The van der Waals surface area contributed by atoms with Gasteiger partial charge in [-0.2, -0.15) is 0 Å². The van der Waals surface area contributed by atoms with Gasteiger partial charge in [-0.3, -0.25) is 14.6 Å². The van der Waals surface area contributed by atoms with E-state index in [-0.39, 0.29) is 17.6 Å². The number of ketones is 2. The lowest BCUT2D eigenvalue weighted by Crippen LogP contribution is -2.15. The van der Waals surface area contributed by atoms with Crippen molar-refractivity contribution in [2.75, 3.05) is 0 Å². The van der Waals surface area contributed by atoms with Gasteiger partial charge in [-0.05, 0) is 20.8 Å². The maximum atomic E-state index is 10.7. The average Bonchev–Trinajstić information content (AvgIpc) is 1.87. The van der Waals surface area contributed by atoms with E-state index >= 15 is 0 Å². The van der Waals surface area contributed by atoms with Crippen LogP contribution in [-0.2, 0) is 9.59 Å². The molecule has 0 bridgehead atoms. The third kappa shape index (κ3) is 3.65. The summed E-state index contributed by atoms with van der Waals surface area (Å²) in [6.45, 7) is 6.18. The van der Waals surface area contributed by atoms with Gasteiger partial charge in [0.05, 0.1) is 5.71 Å². The Hall–Kier alpha value is -0.990. The number of Topliss-reactive ketones (excluding diaryl/α,β-unsaturated/α-hetero) is 2. The zero-order chi connectivity index (χ0) is 9.02. The van der Waals surface area contributed by atoms with Gasteiger partial charge >= 0.3 is 0 Å². The molecule has 62 valence electrons. The quantitative estimate of drug-likeness (QED) is 0.571. The molecule has 3 nitrogen and oxygen atoms in total. The first-order valence-electron chi connectivity index (χ1n) is 3.51. The highest BCUT2D eigenvalue weighted by Crippen LogP contribution is 1.92. The number of aliphatic imine (C=N–C) groups is 1. The van der Waals surface area contributed by atoms with Crippen molar-refractivity contribution in [2.45, 2.75) is 33.7 Å². The summed E-state index contributed by atoms with van der Waals surface area (Å²) in [5, 5.41) is 0. The Kier molecular flexibility index (Phi) is 3.65. The Morgan fingerprint density at radius 3 is 1.91 bits per heavy atom. The summed E-state index contributed by atoms with van der Waals surface area (Å²) in [6, 6.07) is -0.390. The molecule has 0 N–H and O–H groups in total. The Morgan fingerprint density at radius 2 is 1.64 bits per heavy atom. The molecule has 0 saturated carbocycles. The molecular formula is C8H13NO2. The van der Waals surface area contributed by atoms with Gasteiger partial charge < -0.3 is 0 Å². The predicted octanol–water partition coefficient (Wildman–Crippen LogP) is 1.01. The molecule has 0 radical (unpaired) electrons. The van der Waals surface area contributed by atoms with E-state index in [9.17, 15) is 9.59 Å². The molecule has 0 fully saturated rings. The van der Waals surface area contributed by atoms with Gasteiger partial charge in [0.15, 0.2) is 11.6 Å². The van der Waals surface area contributed by atoms with E-state index in [1.54, 1.807) is 13.8 Å². The molecule has 0 aromatic rings. The second-order valence-corrected chi connectivity index (χ2v) is 2.56. The maximum Gasteiger partial charge on any atom is 0.173 e. The van der Waals surface area contributed by atoms with Crippen LogP contribution in [0.2, 0.25) is 0 Å². The van der Waals surface area contributed by atoms with Gasteiger partial charge in [0.25, 0.3) is 0 Å². The van der Waals surface area contributed by atoms with E-state index in [0.717, 1.165) is 0 Å². The highest BCUT2D eigenvalue weighted by molar-refractivity contribution is 6.38. The third-order valence-corrected chi connectivity index (χ3v) is 1.49. The largest absolute Gasteiger partial charge is 0.298 e. The van der Waals surface area contributed by atoms with Gasteiger partial charge in [-0.25, -0.2) is 0 Å². The van der Waals surface area contributed by atoms with Crippen molar-refractivity contribution in [1.82, 2.24) is 0 Å². The van der Waals surface area contributed by atoms with Crippen molar-refractivity contribution in [3.8, 4) is 0 Å². The first-order chi connectivity index (χ1) is 4.95. The molecule has 0 rings (SSSR count). The number of nitrogens with zero attached hydrogens (tertiary/aromatic N) is 1. The number of hydrogen-bond donors (Lipinski definition) is 0. The van der Waals surface area contributed by atoms with Crippen LogP contribution in [-0.4, -0.2) is 23.3 Å². The van der Waals surface area contributed by atoms with Crippen molar-refractivity contribution < 1.29 is 9.59 Å². The van der Waals surface area contributed by atoms with Gasteiger partial charge in [0.1, 0.15) is 6.04 Å². The van der Waals surface area contributed by atoms with Crippen LogP contribution in [0, 0.1) is 0 Å². The van der Waals surface area contributed by atoms with Crippen LogP contribution in [0.3, 0.4) is 0 Å². The Balaban J connectivity index is 4.31. The summed E-state index contributed by atoms with van der Waals surface area (Å²) < 4.78 is 0. The third-order valence-electron chi connectivity index (χ3n) is 1.49. The second kappa shape index (κ2) is 4.01. The van der Waals surface area contributed by atoms with Crippen LogP contribution in [0.1, 0.15) is 27.7 Å². The molecule has 0 aromatic heterocycles. The zero-order valence-corrected chi connectivity index (χ0v) is 7.34. The van der Waals surface area contributed by atoms with Crippen molar-refractivity contribution >= 4 is 17.3 Å². The highest BCUT2D eigenvalue weighted by Gasteiger charge is 2.06. The summed E-state index contributed by atoms with van der Waals surface area (Å²) in [4.78, 5) is 25.2. The van der Waals surface area contributed by atoms with Crippen molar-refractivity contribution in [3.63, 3.8) is 0 Å². The molecule has 0 aliphatic rings. The van der Waals surface area contributed by atoms with Gasteiger partial charge in [0, 0.05) is 6.92 Å². The molecule has 0 amide bonds. The summed E-state index contributed by atoms with van der Waals surface area (Å²) in [7, 11) is 0. The van der Waals surface area contributed by atoms with E-state index in [0.29, 0.717) is 5.71 Å². The molecular weight excluding hydrogens is 142 g/mol. The Morgan fingerprint density at radius 1 is 1.18 bits per heavy atom. The average molecular weight is 155 g/mol. The predicted molar refractivity (Wildman–Crippen MR) is 43.9 cm³/mol. The summed E-state index contributed by atoms with van der Waals surface area (Å²) in [5.74, 6) is -0.108. The minimum Gasteiger partial charge on any atom is -0.298 e. The van der Waals surface area contributed by atoms with Gasteiger partial charge in [0.2, 0.25) is 0 Å². The molecule has 1 atom stereocenters. The van der Waals surface area contributed by atoms with Crippen molar-refractivity contribution in [2.24, 2.45) is 4.99 Å². The smallest absolute Gasteiger partial charge is 0.173 e. The van der Waals surface area contributed by atoms with Crippen LogP contribution in [0.4, 0.5) is 0 Å². The van der Waals surface area contributed by atoms with Crippen LogP contribution in [0.25, 0.3) is 0 Å². The van der Waals surface area contributed by atoms with Crippen LogP contribution in [0.5, 0.6) is 0 Å². The molecule has 0 aliphatic carbocycles. The Labute approximate surface area is 66.5 Å². The lowest BCUT2D eigenvalue weighted by molar-refractivity contribution is -0.117. The zero-order valence-electron chi connectivity index (χ0n) is 7.34. The highest BCUT2D eigenvalue weighted by atomic mass is 16.1. The monoisotopic (exact) mass is 155 g/mol. The minimum atomic E-state index is -0.390. The van der Waals surface area contributed by atoms with Crippen LogP contribution >= 0.6 is 0 Å². The summed E-state index contributed by atoms with van der Waals surface area (Å²) >= 11 is 0. The Bertz CT molecular complexity index is 206. The fourth-order valence-electron chi connectivity index (χ4n) is 0.472. The number of carbonyl (C=O) groups excluding carboxylic acids is 2. The van der Waals surface area contributed by atoms with E-state index < -0.39 is 0 Å². The first-order valence-corrected chi connectivity index (χ1v) is 3.51. The maximum absolute atomic E-state index is 10.7. The fourth-order valence-corrected chi connectivity index (χ4v) is 0.472. The first kappa shape index (κ1) is 10.0. The SMILES string of the molecule is CC(=O)C(C)=NC(C)C(C)=O. The summed E-state index contributed by atoms with van der Waals surface area (Å²) in [5.41, 5.74) is 0.410. The van der Waals surface area contributed by atoms with Gasteiger partial charge in [-0.15, -0.1) is 0 Å². The lowest BCUT2D eigenvalue weighted by Gasteiger charge is -2.00. The molecule has 0 saturated heterocycles. The molecule has 0 heterocycles. The molecule has 0 aliphatic heterocycles. The number of carbonyl (C=O) groups is 2. The normalized spacial score (nSPS) is 14.4. The number of rotatable bonds is 3. The van der Waals surface area contributed by atoms with E-state index in [1.807, 2.05) is 0 Å². The minimum absolute atomic E-state index is 0.0226. The van der Waals surface area contributed by atoms with Crippen molar-refractivity contribution in [3.05, 3.63) is 0 Å². The molecule has 1 unspecified atom stereocenters. The topological polar surface area (TPSA) is 46.5 Å². The summed E-state index contributed by atoms with van der Waals surface area (Å²) in [6.07, 6.45) is 0. The molecule has 0 aromatic carbocycles. The van der Waals surface area contributed by atoms with Gasteiger partial charge in [-0.1, -0.05) is 0 Å². The number of hydrogen-bond acceptors (Lipinski definition) is 3. The molecule has 3 heteroatoms. The standard InChI is InChI=1S/C8H13NO2/c1-5(7(3)10)9-6(2)8(4)11/h5H,1-4H3. The second-order valence-electron chi connectivity index (χ2n) is 2.56. The van der Waals surface area contributed by atoms with E-state index in [1.165, 1.54) is 13.8 Å². The van der Waals surface area contributed by atoms with E-state index in [2.05, 4.69) is 4.99 Å².